The highest BCUT2D eigenvalue weighted by atomic mass is 16.5. The topological polar surface area (TPSA) is 85.1 Å². The number of nitrogens with zero attached hydrogens (tertiary/aromatic N) is 4. The van der Waals surface area contributed by atoms with Crippen LogP contribution in [-0.2, 0) is 15.9 Å². The highest BCUT2D eigenvalue weighted by Gasteiger charge is 2.13. The summed E-state index contributed by atoms with van der Waals surface area (Å²) in [4.78, 5) is 4.27. The summed E-state index contributed by atoms with van der Waals surface area (Å²) in [6.07, 6.45) is 7.05. The number of rotatable bonds is 10. The predicted molar refractivity (Wildman–Crippen MR) is 110 cm³/mol. The molecule has 0 bridgehead atoms. The van der Waals surface area contributed by atoms with Gasteiger partial charge in [-0.05, 0) is 43.7 Å². The third kappa shape index (κ3) is 6.45. The molecule has 0 aromatic carbocycles. The molecule has 0 radical (unpaired) electrons. The first-order valence-electron chi connectivity index (χ1n) is 10.3. The van der Waals surface area contributed by atoms with Crippen molar-refractivity contribution in [3.05, 3.63) is 30.2 Å². The van der Waals surface area contributed by atoms with Gasteiger partial charge in [-0.1, -0.05) is 6.07 Å². The molecule has 0 spiro atoms. The smallest absolute Gasteiger partial charge is 0.190 e. The lowest BCUT2D eigenvalue weighted by Gasteiger charge is -2.21. The highest BCUT2D eigenvalue weighted by molar-refractivity contribution is 5.79. The molecule has 1 aliphatic heterocycles. The largest absolute Gasteiger partial charge is 0.381 e. The molecule has 154 valence electrons. The number of aromatic nitrogens is 3. The van der Waals surface area contributed by atoms with Crippen molar-refractivity contribution < 1.29 is 9.47 Å². The molecule has 8 heteroatoms. The van der Waals surface area contributed by atoms with Gasteiger partial charge in [-0.15, -0.1) is 10.2 Å². The number of aryl methyl sites for hydroxylation is 1. The Balaban J connectivity index is 1.23. The van der Waals surface area contributed by atoms with Crippen molar-refractivity contribution in [2.75, 3.05) is 46.6 Å². The van der Waals surface area contributed by atoms with E-state index in [0.717, 1.165) is 89.1 Å². The summed E-state index contributed by atoms with van der Waals surface area (Å²) >= 11 is 0. The number of aliphatic imine (C=N–C) groups is 1. The summed E-state index contributed by atoms with van der Waals surface area (Å²) < 4.78 is 13.2. The lowest BCUT2D eigenvalue weighted by Crippen LogP contribution is -2.38. The molecular formula is C20H32N6O2. The summed E-state index contributed by atoms with van der Waals surface area (Å²) in [5.74, 6) is 2.48. The first kappa shape index (κ1) is 20.5. The normalized spacial score (nSPS) is 15.8. The molecule has 0 aliphatic carbocycles. The summed E-state index contributed by atoms with van der Waals surface area (Å²) in [7, 11) is 1.79. The van der Waals surface area contributed by atoms with E-state index in [9.17, 15) is 0 Å². The van der Waals surface area contributed by atoms with E-state index in [1.54, 1.807) is 7.05 Å². The second-order valence-corrected chi connectivity index (χ2v) is 7.06. The second-order valence-electron chi connectivity index (χ2n) is 7.06. The van der Waals surface area contributed by atoms with Crippen molar-refractivity contribution >= 4 is 11.6 Å². The second kappa shape index (κ2) is 11.6. The van der Waals surface area contributed by atoms with Crippen molar-refractivity contribution in [1.29, 1.82) is 0 Å². The molecule has 3 heterocycles. The molecule has 2 aromatic rings. The number of nitrogens with one attached hydrogen (secondary N) is 2. The van der Waals surface area contributed by atoms with E-state index < -0.39 is 0 Å². The standard InChI is InChI=1S/C20H32N6O2/c1-21-20(23-11-5-13-28-16-17-8-14-27-15-9-17)22-10-4-7-19-25-24-18-6-2-3-12-26(18)19/h2-3,6,12,17H,4-5,7-11,13-16H2,1H3,(H2,21,22,23). The van der Waals surface area contributed by atoms with Crippen LogP contribution in [0.3, 0.4) is 0 Å². The molecule has 28 heavy (non-hydrogen) atoms. The molecule has 0 unspecified atom stereocenters. The van der Waals surface area contributed by atoms with E-state index in [-0.39, 0.29) is 0 Å². The van der Waals surface area contributed by atoms with Gasteiger partial charge in [0.1, 0.15) is 5.82 Å². The molecule has 1 fully saturated rings. The van der Waals surface area contributed by atoms with E-state index in [1.807, 2.05) is 28.8 Å². The van der Waals surface area contributed by atoms with Crippen LogP contribution in [0.15, 0.2) is 29.4 Å². The van der Waals surface area contributed by atoms with Gasteiger partial charge in [-0.3, -0.25) is 9.39 Å². The van der Waals surface area contributed by atoms with Crippen LogP contribution in [-0.4, -0.2) is 67.1 Å². The fourth-order valence-corrected chi connectivity index (χ4v) is 3.28. The highest BCUT2D eigenvalue weighted by Crippen LogP contribution is 2.14. The minimum atomic E-state index is 0.665. The minimum absolute atomic E-state index is 0.665. The van der Waals surface area contributed by atoms with E-state index in [4.69, 9.17) is 9.47 Å². The van der Waals surface area contributed by atoms with Crippen LogP contribution in [0.5, 0.6) is 0 Å². The molecule has 1 saturated heterocycles. The first-order valence-corrected chi connectivity index (χ1v) is 10.3. The molecule has 3 rings (SSSR count). The average Bonchev–Trinajstić information content (AvgIpc) is 3.16. The maximum atomic E-state index is 5.79. The van der Waals surface area contributed by atoms with Gasteiger partial charge in [0.15, 0.2) is 11.6 Å². The Morgan fingerprint density at radius 2 is 2.04 bits per heavy atom. The summed E-state index contributed by atoms with van der Waals surface area (Å²) in [6, 6.07) is 5.94. The maximum absolute atomic E-state index is 5.79. The molecule has 8 nitrogen and oxygen atoms in total. The molecule has 2 N–H and O–H groups in total. The number of ether oxygens (including phenoxy) is 2. The Kier molecular flexibility index (Phi) is 8.52. The summed E-state index contributed by atoms with van der Waals surface area (Å²) in [5, 5.41) is 15.1. The Bertz CT molecular complexity index is 726. The van der Waals surface area contributed by atoms with Crippen LogP contribution < -0.4 is 10.6 Å². The molecular weight excluding hydrogens is 356 g/mol. The number of guanidine groups is 1. The zero-order valence-corrected chi connectivity index (χ0v) is 16.8. The summed E-state index contributed by atoms with van der Waals surface area (Å²) in [6.45, 7) is 5.08. The van der Waals surface area contributed by atoms with Crippen molar-refractivity contribution in [2.45, 2.75) is 32.1 Å². The Labute approximate surface area is 166 Å². The van der Waals surface area contributed by atoms with Gasteiger partial charge in [0, 0.05) is 59.2 Å². The maximum Gasteiger partial charge on any atom is 0.190 e. The van der Waals surface area contributed by atoms with E-state index in [1.165, 1.54) is 0 Å². The van der Waals surface area contributed by atoms with Crippen molar-refractivity contribution in [3.8, 4) is 0 Å². The third-order valence-corrected chi connectivity index (χ3v) is 4.93. The lowest BCUT2D eigenvalue weighted by molar-refractivity contribution is 0.0203. The molecule has 0 saturated carbocycles. The van der Waals surface area contributed by atoms with Crippen LogP contribution >= 0.6 is 0 Å². The van der Waals surface area contributed by atoms with E-state index in [2.05, 4.69) is 25.8 Å². The van der Waals surface area contributed by atoms with E-state index in [0.29, 0.717) is 5.92 Å². The number of fused-ring (bicyclic) bond motifs is 1. The van der Waals surface area contributed by atoms with Crippen molar-refractivity contribution in [1.82, 2.24) is 25.2 Å². The molecule has 2 aromatic heterocycles. The molecule has 0 amide bonds. The van der Waals surface area contributed by atoms with Gasteiger partial charge in [-0.2, -0.15) is 0 Å². The van der Waals surface area contributed by atoms with Gasteiger partial charge in [0.2, 0.25) is 0 Å². The molecule has 1 aliphatic rings. The SMILES string of the molecule is CN=C(NCCCOCC1CCOCC1)NCCCc1nnc2ccccn12. The van der Waals surface area contributed by atoms with Gasteiger partial charge in [0.05, 0.1) is 0 Å². The Morgan fingerprint density at radius 3 is 2.86 bits per heavy atom. The predicted octanol–water partition coefficient (Wildman–Crippen LogP) is 1.66. The van der Waals surface area contributed by atoms with Crippen molar-refractivity contribution in [2.24, 2.45) is 10.9 Å². The number of hydrogen-bond acceptors (Lipinski definition) is 5. The van der Waals surface area contributed by atoms with Gasteiger partial charge in [0.25, 0.3) is 0 Å². The minimum Gasteiger partial charge on any atom is -0.381 e. The lowest BCUT2D eigenvalue weighted by atomic mass is 10.0. The monoisotopic (exact) mass is 388 g/mol. The van der Waals surface area contributed by atoms with Crippen LogP contribution in [0.1, 0.15) is 31.5 Å². The Morgan fingerprint density at radius 1 is 1.21 bits per heavy atom. The average molecular weight is 389 g/mol. The van der Waals surface area contributed by atoms with Gasteiger partial charge >= 0.3 is 0 Å². The third-order valence-electron chi connectivity index (χ3n) is 4.93. The van der Waals surface area contributed by atoms with Crippen molar-refractivity contribution in [3.63, 3.8) is 0 Å². The van der Waals surface area contributed by atoms with Gasteiger partial charge in [-0.25, -0.2) is 0 Å². The fourth-order valence-electron chi connectivity index (χ4n) is 3.28. The van der Waals surface area contributed by atoms with Crippen LogP contribution in [0.4, 0.5) is 0 Å². The molecule has 0 atom stereocenters. The van der Waals surface area contributed by atoms with Crippen LogP contribution in [0, 0.1) is 5.92 Å². The first-order chi connectivity index (χ1) is 13.9. The zero-order chi connectivity index (χ0) is 19.4. The number of pyridine rings is 1. The Hall–Kier alpha value is -2.19. The van der Waals surface area contributed by atoms with Crippen LogP contribution in [0.25, 0.3) is 5.65 Å². The van der Waals surface area contributed by atoms with E-state index >= 15 is 0 Å². The summed E-state index contributed by atoms with van der Waals surface area (Å²) in [5.41, 5.74) is 0.891. The number of hydrogen-bond donors (Lipinski definition) is 2. The zero-order valence-electron chi connectivity index (χ0n) is 16.8. The van der Waals surface area contributed by atoms with Gasteiger partial charge < -0.3 is 20.1 Å². The fraction of sp³-hybridized carbons (Fsp3) is 0.650. The van der Waals surface area contributed by atoms with Crippen LogP contribution in [0.2, 0.25) is 0 Å². The quantitative estimate of drug-likeness (QED) is 0.366.